The molecule has 9 aromatic rings. The zero-order valence-corrected chi connectivity index (χ0v) is 33.1. The lowest BCUT2D eigenvalue weighted by Gasteiger charge is -2.24. The van der Waals surface area contributed by atoms with Crippen LogP contribution in [0.2, 0.25) is 5.02 Å². The number of fused-ring (bicyclic) bond motifs is 6. The lowest BCUT2D eigenvalue weighted by Crippen LogP contribution is -2.22. The van der Waals surface area contributed by atoms with Crippen LogP contribution in [0.25, 0.3) is 52.2 Å². The minimum atomic E-state index is -0.117. The van der Waals surface area contributed by atoms with Gasteiger partial charge >= 0.3 is 0 Å². The Morgan fingerprint density at radius 2 is 1.21 bits per heavy atom. The predicted molar refractivity (Wildman–Crippen MR) is 233 cm³/mol. The van der Waals surface area contributed by atoms with E-state index >= 15 is 0 Å². The third-order valence-corrected chi connectivity index (χ3v) is 12.4. The molecule has 6 aromatic heterocycles. The zero-order chi connectivity index (χ0) is 38.9. The quantitative estimate of drug-likeness (QED) is 0.162. The molecular formula is C43H35ClN8O3S2. The van der Waals surface area contributed by atoms with Gasteiger partial charge in [0.15, 0.2) is 0 Å². The number of halogens is 1. The second-order valence-electron chi connectivity index (χ2n) is 13.6. The average molecular weight is 811 g/mol. The van der Waals surface area contributed by atoms with Crippen LogP contribution in [-0.2, 0) is 0 Å². The van der Waals surface area contributed by atoms with Crippen molar-refractivity contribution in [2.75, 3.05) is 17.7 Å². The minimum absolute atomic E-state index is 0.0843. The van der Waals surface area contributed by atoms with E-state index in [1.165, 1.54) is 54.8 Å². The van der Waals surface area contributed by atoms with E-state index < -0.39 is 0 Å². The number of benzene rings is 3. The average Bonchev–Trinajstić information content (AvgIpc) is 3.84. The summed E-state index contributed by atoms with van der Waals surface area (Å²) in [6.07, 6.45) is 12.9. The molecular weight excluding hydrogens is 776 g/mol. The molecule has 11 nitrogen and oxygen atoms in total. The van der Waals surface area contributed by atoms with Gasteiger partial charge in [0.25, 0.3) is 11.1 Å². The van der Waals surface area contributed by atoms with E-state index in [1.54, 1.807) is 53.4 Å². The lowest BCUT2D eigenvalue weighted by atomic mass is 9.95. The van der Waals surface area contributed by atoms with Crippen molar-refractivity contribution >= 4 is 92.2 Å². The second-order valence-corrected chi connectivity index (χ2v) is 16.1. The fraction of sp³-hybridized carbons (Fsp3) is 0.163. The Balaban J connectivity index is 0.000000148. The number of anilines is 3. The molecule has 10 rings (SSSR count). The summed E-state index contributed by atoms with van der Waals surface area (Å²) in [6.45, 7) is 0. The second kappa shape index (κ2) is 15.8. The number of pyridine rings is 2. The van der Waals surface area contributed by atoms with Gasteiger partial charge < -0.3 is 15.4 Å². The van der Waals surface area contributed by atoms with Crippen molar-refractivity contribution in [2.24, 2.45) is 0 Å². The monoisotopic (exact) mass is 810 g/mol. The first-order valence-corrected chi connectivity index (χ1v) is 20.5. The van der Waals surface area contributed by atoms with Crippen molar-refractivity contribution in [2.45, 2.75) is 38.1 Å². The molecule has 6 heterocycles. The topological polar surface area (TPSA) is 129 Å². The van der Waals surface area contributed by atoms with Crippen LogP contribution in [0.4, 0.5) is 17.1 Å². The zero-order valence-electron chi connectivity index (χ0n) is 30.7. The third kappa shape index (κ3) is 7.21. The highest BCUT2D eigenvalue weighted by molar-refractivity contribution is 7.25. The summed E-state index contributed by atoms with van der Waals surface area (Å²) < 4.78 is 9.49. The van der Waals surface area contributed by atoms with E-state index in [2.05, 4.69) is 30.6 Å². The van der Waals surface area contributed by atoms with Gasteiger partial charge in [-0.3, -0.25) is 18.7 Å². The molecule has 0 atom stereocenters. The third-order valence-electron chi connectivity index (χ3n) is 10.0. The Bertz CT molecular complexity index is 2990. The first-order chi connectivity index (χ1) is 27.9. The number of thiophene rings is 2. The Hall–Kier alpha value is -6.15. The maximum absolute atomic E-state index is 13.2. The van der Waals surface area contributed by atoms with Gasteiger partial charge in [-0.25, -0.2) is 19.9 Å². The largest absolute Gasteiger partial charge is 0.497 e. The first kappa shape index (κ1) is 36.5. The molecule has 57 heavy (non-hydrogen) atoms. The highest BCUT2D eigenvalue weighted by Gasteiger charge is 2.20. The fourth-order valence-corrected chi connectivity index (χ4v) is 9.42. The fourth-order valence-electron chi connectivity index (χ4n) is 7.19. The normalized spacial score (nSPS) is 13.2. The van der Waals surface area contributed by atoms with Crippen molar-refractivity contribution in [1.82, 2.24) is 29.1 Å². The summed E-state index contributed by atoms with van der Waals surface area (Å²) in [5, 5.41) is 9.53. The van der Waals surface area contributed by atoms with E-state index in [0.29, 0.717) is 26.0 Å². The lowest BCUT2D eigenvalue weighted by molar-refractivity contribution is 0.414. The van der Waals surface area contributed by atoms with Crippen LogP contribution in [-0.4, -0.2) is 42.2 Å². The van der Waals surface area contributed by atoms with Crippen LogP contribution in [0.5, 0.6) is 5.75 Å². The smallest absolute Gasteiger partial charge is 0.275 e. The van der Waals surface area contributed by atoms with Gasteiger partial charge in [-0.1, -0.05) is 49.1 Å². The van der Waals surface area contributed by atoms with Crippen molar-refractivity contribution < 1.29 is 4.74 Å². The van der Waals surface area contributed by atoms with Gasteiger partial charge in [0.1, 0.15) is 43.0 Å². The summed E-state index contributed by atoms with van der Waals surface area (Å²) in [5.41, 5.74) is 5.53. The summed E-state index contributed by atoms with van der Waals surface area (Å²) in [5.74, 6) is 0.735. The van der Waals surface area contributed by atoms with E-state index in [1.807, 2.05) is 78.9 Å². The van der Waals surface area contributed by atoms with E-state index in [0.717, 1.165) is 60.1 Å². The summed E-state index contributed by atoms with van der Waals surface area (Å²) in [7, 11) is 1.61. The number of hydrogen-bond acceptors (Lipinski definition) is 11. The van der Waals surface area contributed by atoms with Crippen LogP contribution >= 0.6 is 34.3 Å². The maximum Gasteiger partial charge on any atom is 0.275 e. The molecule has 0 bridgehead atoms. The molecule has 0 amide bonds. The highest BCUT2D eigenvalue weighted by Crippen LogP contribution is 2.37. The van der Waals surface area contributed by atoms with Crippen molar-refractivity contribution in [3.8, 4) is 17.1 Å². The number of hydrogen-bond donors (Lipinski definition) is 2. The number of rotatable bonds is 7. The molecule has 2 N–H and O–H groups in total. The number of para-hydroxylation sites is 1. The van der Waals surface area contributed by atoms with Crippen molar-refractivity contribution in [1.29, 1.82) is 0 Å². The van der Waals surface area contributed by atoms with Gasteiger partial charge in [0, 0.05) is 34.8 Å². The molecule has 0 spiro atoms. The molecule has 0 unspecified atom stereocenters. The molecule has 1 fully saturated rings. The van der Waals surface area contributed by atoms with Crippen molar-refractivity contribution in [3.05, 3.63) is 142 Å². The van der Waals surface area contributed by atoms with Gasteiger partial charge in [0.2, 0.25) is 0 Å². The standard InChI is InChI=1S/C22H16N4O2S.C21H19ClN4OS/c1-28-16-9-7-15(8-10-16)26-13-24-19-18-17(25-14-5-3-2-4-6-14)11-12-23-21(18)29-20(19)22(26)27;22-13-6-8-15(9-7-13)26-12-24-18-17-16(25-14-4-2-1-3-5-14)10-11-23-20(17)28-19(18)21(26)27/h2-13H,1H3,(H,23,25);6-12,14H,1-5H2,(H,23,25). The van der Waals surface area contributed by atoms with Crippen LogP contribution in [0, 0.1) is 0 Å². The maximum atomic E-state index is 13.2. The molecule has 3 aromatic carbocycles. The summed E-state index contributed by atoms with van der Waals surface area (Å²) in [4.78, 5) is 46.1. The van der Waals surface area contributed by atoms with Gasteiger partial charge in [0.05, 0.1) is 40.5 Å². The van der Waals surface area contributed by atoms with E-state index in [9.17, 15) is 9.59 Å². The number of nitrogens with zero attached hydrogens (tertiary/aromatic N) is 6. The molecule has 1 aliphatic rings. The Labute approximate surface area is 339 Å². The molecule has 1 aliphatic carbocycles. The van der Waals surface area contributed by atoms with Gasteiger partial charge in [-0.15, -0.1) is 22.7 Å². The summed E-state index contributed by atoms with van der Waals surface area (Å²) in [6, 6.07) is 28.8. The SMILES string of the molecule is COc1ccc(-n2cnc3c(sc4nccc(Nc5ccccc5)c43)c2=O)cc1.O=c1c2sc3nccc(NC4CCCCC4)c3c2ncn1-c1ccc(Cl)cc1. The van der Waals surface area contributed by atoms with Crippen LogP contribution in [0.3, 0.4) is 0 Å². The van der Waals surface area contributed by atoms with Gasteiger partial charge in [-0.05, 0) is 85.6 Å². The Morgan fingerprint density at radius 3 is 1.79 bits per heavy atom. The Kier molecular flexibility index (Phi) is 10.1. The van der Waals surface area contributed by atoms with Crippen LogP contribution in [0.1, 0.15) is 32.1 Å². The predicted octanol–water partition coefficient (Wildman–Crippen LogP) is 10.1. The molecule has 284 valence electrons. The Morgan fingerprint density at radius 1 is 0.667 bits per heavy atom. The van der Waals surface area contributed by atoms with E-state index in [-0.39, 0.29) is 11.1 Å². The molecule has 1 saturated carbocycles. The molecule has 14 heteroatoms. The first-order valence-electron chi connectivity index (χ1n) is 18.5. The molecule has 0 saturated heterocycles. The van der Waals surface area contributed by atoms with Gasteiger partial charge in [-0.2, -0.15) is 0 Å². The minimum Gasteiger partial charge on any atom is -0.497 e. The number of ether oxygens (including phenoxy) is 1. The van der Waals surface area contributed by atoms with Crippen molar-refractivity contribution in [3.63, 3.8) is 0 Å². The number of nitrogens with one attached hydrogen (secondary N) is 2. The van der Waals surface area contributed by atoms with Crippen LogP contribution < -0.4 is 26.5 Å². The van der Waals surface area contributed by atoms with Crippen LogP contribution in [0.15, 0.2) is 126 Å². The van der Waals surface area contributed by atoms with E-state index in [4.69, 9.17) is 16.3 Å². The summed E-state index contributed by atoms with van der Waals surface area (Å²) >= 11 is 8.73. The number of methoxy groups -OCH3 is 1. The number of aromatic nitrogens is 6. The molecule has 0 radical (unpaired) electrons. The highest BCUT2D eigenvalue weighted by atomic mass is 35.5. The molecule has 0 aliphatic heterocycles.